The summed E-state index contributed by atoms with van der Waals surface area (Å²) in [5, 5.41) is 0.572. The number of nitrogens with zero attached hydrogens (tertiary/aromatic N) is 2. The molecule has 3 rings (SSSR count). The fraction of sp³-hybridized carbons (Fsp3) is 0.300. The van der Waals surface area contributed by atoms with Crippen molar-refractivity contribution >= 4 is 29.1 Å². The zero-order valence-electron chi connectivity index (χ0n) is 14.8. The smallest absolute Gasteiger partial charge is 0.254 e. The molecule has 2 aromatic rings. The summed E-state index contributed by atoms with van der Waals surface area (Å²) in [6.45, 7) is 5.06. The minimum atomic E-state index is -0.554. The zero-order chi connectivity index (χ0) is 18.7. The number of piperazine rings is 1. The van der Waals surface area contributed by atoms with Crippen LogP contribution in [-0.2, 0) is 4.79 Å². The number of hydrogen-bond donors (Lipinski definition) is 0. The molecular formula is C20H21ClN2O3. The summed E-state index contributed by atoms with van der Waals surface area (Å²) < 4.78 is 5.64. The van der Waals surface area contributed by atoms with Gasteiger partial charge in [0.05, 0.1) is 12.3 Å². The first kappa shape index (κ1) is 18.3. The second-order valence-corrected chi connectivity index (χ2v) is 6.51. The summed E-state index contributed by atoms with van der Waals surface area (Å²) in [4.78, 5) is 29.0. The lowest BCUT2D eigenvalue weighted by Crippen LogP contribution is -2.57. The lowest BCUT2D eigenvalue weighted by atomic mass is 10.1. The molecular weight excluding hydrogens is 352 g/mol. The van der Waals surface area contributed by atoms with Crippen LogP contribution in [0.3, 0.4) is 0 Å². The Bertz CT molecular complexity index is 807. The number of hydrogen-bond acceptors (Lipinski definition) is 3. The van der Waals surface area contributed by atoms with Gasteiger partial charge in [-0.2, -0.15) is 0 Å². The van der Waals surface area contributed by atoms with Crippen LogP contribution in [0.5, 0.6) is 5.75 Å². The number of rotatable bonds is 4. The summed E-state index contributed by atoms with van der Waals surface area (Å²) in [7, 11) is 0. The number of carbonyl (C=O) groups is 2. The molecule has 1 saturated heterocycles. The first-order valence-electron chi connectivity index (χ1n) is 8.62. The van der Waals surface area contributed by atoms with Crippen molar-refractivity contribution in [2.75, 3.05) is 24.6 Å². The van der Waals surface area contributed by atoms with E-state index in [9.17, 15) is 9.59 Å². The lowest BCUT2D eigenvalue weighted by Gasteiger charge is -2.39. The highest BCUT2D eigenvalue weighted by atomic mass is 35.5. The van der Waals surface area contributed by atoms with Crippen molar-refractivity contribution in [2.45, 2.75) is 19.9 Å². The summed E-state index contributed by atoms with van der Waals surface area (Å²) in [5.74, 6) is 0.388. The Labute approximate surface area is 158 Å². The van der Waals surface area contributed by atoms with Gasteiger partial charge in [-0.3, -0.25) is 9.59 Å². The van der Waals surface area contributed by atoms with E-state index >= 15 is 0 Å². The summed E-state index contributed by atoms with van der Waals surface area (Å²) in [6.07, 6.45) is 0. The largest absolute Gasteiger partial charge is 0.492 e. The number of ether oxygens (including phenoxy) is 1. The molecule has 136 valence electrons. The number of halogens is 1. The molecule has 1 atom stereocenters. The van der Waals surface area contributed by atoms with E-state index in [4.69, 9.17) is 16.3 Å². The van der Waals surface area contributed by atoms with Crippen molar-refractivity contribution in [3.63, 3.8) is 0 Å². The molecule has 1 aliphatic heterocycles. The van der Waals surface area contributed by atoms with E-state index in [-0.39, 0.29) is 11.8 Å². The van der Waals surface area contributed by atoms with Crippen molar-refractivity contribution in [1.29, 1.82) is 0 Å². The van der Waals surface area contributed by atoms with Crippen LogP contribution >= 0.6 is 11.6 Å². The molecule has 0 N–H and O–H groups in total. The van der Waals surface area contributed by atoms with Gasteiger partial charge in [-0.25, -0.2) is 0 Å². The van der Waals surface area contributed by atoms with Gasteiger partial charge in [-0.15, -0.1) is 0 Å². The molecule has 2 amide bonds. The first-order valence-corrected chi connectivity index (χ1v) is 9.00. The van der Waals surface area contributed by atoms with Crippen LogP contribution in [0.1, 0.15) is 24.2 Å². The Morgan fingerprint density at radius 2 is 1.85 bits per heavy atom. The second-order valence-electron chi connectivity index (χ2n) is 6.07. The molecule has 0 saturated carbocycles. The van der Waals surface area contributed by atoms with Crippen molar-refractivity contribution in [1.82, 2.24) is 4.90 Å². The second kappa shape index (κ2) is 7.79. The molecule has 1 heterocycles. The topological polar surface area (TPSA) is 49.9 Å². The monoisotopic (exact) mass is 372 g/mol. The Balaban J connectivity index is 1.81. The third-order valence-corrected chi connectivity index (χ3v) is 4.72. The van der Waals surface area contributed by atoms with E-state index in [1.165, 1.54) is 0 Å². The molecule has 0 aromatic heterocycles. The van der Waals surface area contributed by atoms with Gasteiger partial charge in [0.15, 0.2) is 0 Å². The minimum absolute atomic E-state index is 0.120. The van der Waals surface area contributed by atoms with Crippen molar-refractivity contribution in [2.24, 2.45) is 0 Å². The van der Waals surface area contributed by atoms with Crippen LogP contribution in [0, 0.1) is 0 Å². The fourth-order valence-electron chi connectivity index (χ4n) is 3.10. The molecule has 1 aliphatic rings. The Morgan fingerprint density at radius 3 is 2.54 bits per heavy atom. The van der Waals surface area contributed by atoms with Gasteiger partial charge in [0.2, 0.25) is 5.91 Å². The van der Waals surface area contributed by atoms with E-state index < -0.39 is 6.04 Å². The molecule has 0 aliphatic carbocycles. The summed E-state index contributed by atoms with van der Waals surface area (Å²) >= 11 is 5.88. The standard InChI is InChI=1S/C20H21ClN2O3/c1-3-26-18-7-5-4-6-17(18)23-13-12-22(14(2)19(23)24)20(25)15-8-10-16(21)11-9-15/h4-11,14H,3,12-13H2,1-2H3/t14-/m0/s1. The van der Waals surface area contributed by atoms with Gasteiger partial charge in [-0.1, -0.05) is 23.7 Å². The number of amides is 2. The molecule has 1 fully saturated rings. The molecule has 0 radical (unpaired) electrons. The summed E-state index contributed by atoms with van der Waals surface area (Å²) in [6, 6.07) is 13.6. The van der Waals surface area contributed by atoms with Gasteiger partial charge in [0.25, 0.3) is 5.91 Å². The van der Waals surface area contributed by atoms with Gasteiger partial charge in [0.1, 0.15) is 11.8 Å². The molecule has 2 aromatic carbocycles. The number of anilines is 1. The van der Waals surface area contributed by atoms with Crippen LogP contribution in [0.15, 0.2) is 48.5 Å². The molecule has 0 unspecified atom stereocenters. The molecule has 0 spiro atoms. The predicted octanol–water partition coefficient (Wildman–Crippen LogP) is 3.62. The normalized spacial score (nSPS) is 17.3. The Hall–Kier alpha value is -2.53. The van der Waals surface area contributed by atoms with Gasteiger partial charge >= 0.3 is 0 Å². The Morgan fingerprint density at radius 1 is 1.15 bits per heavy atom. The number of carbonyl (C=O) groups excluding carboxylic acids is 2. The van der Waals surface area contributed by atoms with Crippen LogP contribution < -0.4 is 9.64 Å². The van der Waals surface area contributed by atoms with Crippen molar-refractivity contribution < 1.29 is 14.3 Å². The quantitative estimate of drug-likeness (QED) is 0.823. The minimum Gasteiger partial charge on any atom is -0.492 e. The maximum Gasteiger partial charge on any atom is 0.254 e. The van der Waals surface area contributed by atoms with E-state index in [1.807, 2.05) is 31.2 Å². The maximum absolute atomic E-state index is 12.9. The van der Waals surface area contributed by atoms with Crippen LogP contribution in [0.4, 0.5) is 5.69 Å². The average Bonchev–Trinajstić information content (AvgIpc) is 2.65. The first-order chi connectivity index (χ1) is 12.5. The predicted molar refractivity (Wildman–Crippen MR) is 102 cm³/mol. The summed E-state index contributed by atoms with van der Waals surface area (Å²) in [5.41, 5.74) is 1.27. The Kier molecular flexibility index (Phi) is 5.47. The van der Waals surface area contributed by atoms with Gasteiger partial charge in [0, 0.05) is 23.7 Å². The third-order valence-electron chi connectivity index (χ3n) is 4.46. The van der Waals surface area contributed by atoms with Gasteiger partial charge in [-0.05, 0) is 50.2 Å². The highest BCUT2D eigenvalue weighted by Gasteiger charge is 2.36. The number of para-hydroxylation sites is 2. The highest BCUT2D eigenvalue weighted by molar-refractivity contribution is 6.30. The molecule has 0 bridgehead atoms. The van der Waals surface area contributed by atoms with Gasteiger partial charge < -0.3 is 14.5 Å². The van der Waals surface area contributed by atoms with Crippen LogP contribution in [0.2, 0.25) is 5.02 Å². The van der Waals surface area contributed by atoms with Crippen molar-refractivity contribution in [3.05, 3.63) is 59.1 Å². The average molecular weight is 373 g/mol. The fourth-order valence-corrected chi connectivity index (χ4v) is 3.23. The SMILES string of the molecule is CCOc1ccccc1N1CCN(C(=O)c2ccc(Cl)cc2)[C@@H](C)C1=O. The maximum atomic E-state index is 12.9. The third kappa shape index (κ3) is 3.53. The van der Waals surface area contributed by atoms with E-state index in [0.29, 0.717) is 36.0 Å². The van der Waals surface area contributed by atoms with Crippen LogP contribution in [-0.4, -0.2) is 42.5 Å². The molecule has 5 nitrogen and oxygen atoms in total. The number of benzene rings is 2. The van der Waals surface area contributed by atoms with Crippen LogP contribution in [0.25, 0.3) is 0 Å². The molecule has 26 heavy (non-hydrogen) atoms. The van der Waals surface area contributed by atoms with E-state index in [2.05, 4.69) is 0 Å². The van der Waals surface area contributed by atoms with Crippen molar-refractivity contribution in [3.8, 4) is 5.75 Å². The lowest BCUT2D eigenvalue weighted by molar-refractivity contribution is -0.124. The molecule has 6 heteroatoms. The van der Waals surface area contributed by atoms with E-state index in [1.54, 1.807) is 41.0 Å². The van der Waals surface area contributed by atoms with E-state index in [0.717, 1.165) is 5.69 Å². The highest BCUT2D eigenvalue weighted by Crippen LogP contribution is 2.30. The zero-order valence-corrected chi connectivity index (χ0v) is 15.6.